The van der Waals surface area contributed by atoms with Crippen LogP contribution in [0.3, 0.4) is 0 Å². The number of hydrogen-bond donors (Lipinski definition) is 16. The predicted molar refractivity (Wildman–Crippen MR) is 160 cm³/mol. The molecule has 0 atom stereocenters. The average Bonchev–Trinajstić information content (AvgIpc) is 2.70. The Bertz CT molecular complexity index is 1280. The zero-order valence-electron chi connectivity index (χ0n) is 24.3. The maximum Gasteiger partial charge on any atom is 0.354 e. The van der Waals surface area contributed by atoms with Gasteiger partial charge in [-0.05, 0) is 14.1 Å². The van der Waals surface area contributed by atoms with Crippen LogP contribution < -0.4 is 0 Å². The summed E-state index contributed by atoms with van der Waals surface area (Å²) in [5, 5.41) is 0. The van der Waals surface area contributed by atoms with E-state index in [1.165, 1.54) is 0 Å². The fraction of sp³-hybridized carbons (Fsp3) is 1.00. The minimum absolute atomic E-state index is 0.107. The van der Waals surface area contributed by atoms with Crippen molar-refractivity contribution in [3.63, 3.8) is 0 Å². The second kappa shape index (κ2) is 17.0. The molecule has 0 aliphatic carbocycles. The van der Waals surface area contributed by atoms with E-state index in [0.29, 0.717) is 14.1 Å². The molecule has 0 aromatic heterocycles. The van der Waals surface area contributed by atoms with Crippen LogP contribution in [0.15, 0.2) is 0 Å². The van der Waals surface area contributed by atoms with E-state index in [2.05, 4.69) is 0 Å². The second-order valence-electron chi connectivity index (χ2n) is 10.1. The van der Waals surface area contributed by atoms with Crippen molar-refractivity contribution in [1.82, 2.24) is 19.6 Å². The Balaban J connectivity index is 6.99. The molecule has 0 saturated carbocycles. The van der Waals surface area contributed by atoms with Crippen LogP contribution in [0.4, 0.5) is 0 Å². The molecule has 0 bridgehead atoms. The lowest BCUT2D eigenvalue weighted by molar-refractivity contribution is 0.148. The van der Waals surface area contributed by atoms with Gasteiger partial charge in [0.1, 0.15) is 0 Å². The van der Waals surface area contributed by atoms with Gasteiger partial charge in [-0.3, -0.25) is 56.1 Å². The predicted octanol–water partition coefficient (Wildman–Crippen LogP) is -3.99. The molecule has 0 unspecified atom stereocenters. The Morgan fingerprint density at radius 2 is 0.458 bits per heavy atom. The van der Waals surface area contributed by atoms with E-state index in [-0.39, 0.29) is 19.6 Å². The molecule has 0 aromatic carbocycles. The van der Waals surface area contributed by atoms with Crippen molar-refractivity contribution in [2.45, 2.75) is 22.1 Å². The van der Waals surface area contributed by atoms with Crippen molar-refractivity contribution in [2.75, 3.05) is 53.4 Å². The molecule has 0 radical (unpaired) electrons. The summed E-state index contributed by atoms with van der Waals surface area (Å²) in [6, 6.07) is 0. The molecule has 290 valence electrons. The highest BCUT2D eigenvalue weighted by molar-refractivity contribution is 7.72. The first-order valence-corrected chi connectivity index (χ1v) is 25.5. The summed E-state index contributed by atoms with van der Waals surface area (Å²) in [6.45, 7) is -7.09. The normalized spacial score (nSPS) is 15.5. The Morgan fingerprint density at radius 3 is 0.604 bits per heavy atom. The van der Waals surface area contributed by atoms with Crippen LogP contribution >= 0.6 is 60.8 Å². The van der Waals surface area contributed by atoms with Gasteiger partial charge in [0.25, 0.3) is 0 Å². The molecule has 48 heavy (non-hydrogen) atoms. The van der Waals surface area contributed by atoms with Gasteiger partial charge in [0, 0.05) is 39.3 Å². The summed E-state index contributed by atoms with van der Waals surface area (Å²) in [7, 11) is -45.4. The van der Waals surface area contributed by atoms with Crippen LogP contribution in [0.2, 0.25) is 0 Å². The van der Waals surface area contributed by atoms with Gasteiger partial charge in [-0.2, -0.15) is 0 Å². The number of nitrogens with zero attached hydrogens (tertiary/aromatic N) is 4. The molecule has 36 heteroatoms. The zero-order chi connectivity index (χ0) is 38.9. The Kier molecular flexibility index (Phi) is 17.4. The smallest absolute Gasteiger partial charge is 0.323 e. The van der Waals surface area contributed by atoms with Crippen molar-refractivity contribution in [2.24, 2.45) is 0 Å². The fourth-order valence-electron chi connectivity index (χ4n) is 4.41. The molecule has 16 N–H and O–H groups in total. The maximum absolute atomic E-state index is 12.2. The minimum Gasteiger partial charge on any atom is -0.323 e. The molecule has 0 spiro atoms. The van der Waals surface area contributed by atoms with Crippen LogP contribution in [0.25, 0.3) is 0 Å². The van der Waals surface area contributed by atoms with E-state index in [1.807, 2.05) is 0 Å². The first-order valence-electron chi connectivity index (χ1n) is 12.1. The van der Waals surface area contributed by atoms with E-state index in [9.17, 15) is 115 Å². The van der Waals surface area contributed by atoms with Crippen molar-refractivity contribution < 1.29 is 115 Å². The molecule has 0 heterocycles. The van der Waals surface area contributed by atoms with Crippen molar-refractivity contribution in [1.29, 1.82) is 0 Å². The Hall–Kier alpha value is 1.04. The van der Waals surface area contributed by atoms with Gasteiger partial charge in [-0.1, -0.05) is 0 Å². The third-order valence-corrected chi connectivity index (χ3v) is 20.9. The monoisotopic (exact) mass is 870 g/mol. The van der Waals surface area contributed by atoms with Crippen LogP contribution in [0.1, 0.15) is 0 Å². The molecule has 0 aromatic rings. The second-order valence-corrected chi connectivity index (χ2v) is 25.1. The topological polar surface area (TPSA) is 473 Å². The summed E-state index contributed by atoms with van der Waals surface area (Å²) in [5.41, 5.74) is -12.2. The summed E-state index contributed by atoms with van der Waals surface area (Å²) in [4.78, 5) is 154. The van der Waals surface area contributed by atoms with E-state index in [4.69, 9.17) is 0 Å². The van der Waals surface area contributed by atoms with Crippen molar-refractivity contribution >= 4 is 60.8 Å². The number of hydrogen-bond acceptors (Lipinski definition) is 12. The molecule has 0 rings (SSSR count). The van der Waals surface area contributed by atoms with Gasteiger partial charge < -0.3 is 78.3 Å². The molecule has 0 saturated heterocycles. The van der Waals surface area contributed by atoms with E-state index in [1.54, 1.807) is 0 Å². The zero-order valence-corrected chi connectivity index (χ0v) is 31.5. The molecular formula is C12H38N4O24P8. The van der Waals surface area contributed by atoms with Crippen molar-refractivity contribution in [3.8, 4) is 0 Å². The lowest BCUT2D eigenvalue weighted by Crippen LogP contribution is -2.48. The third-order valence-electron chi connectivity index (χ3n) is 6.00. The molecule has 0 amide bonds. The first kappa shape index (κ1) is 49.0. The van der Waals surface area contributed by atoms with E-state index in [0.717, 1.165) is 0 Å². The standard InChI is InChI=1S/C12H38N4O24P8/c1-13(9(41(17,18)19)42(20,21)22)3-5-15(11(45(29,30)31)46(32,33)34)7-8-16(12(47(35,36)37)48(38,39)40)6-4-14(2)10(43(23,24)25)44(26,27)28/h9-12H,3-8H2,1-2H3,(H2,17,18,19)(H2,20,21,22)(H2,23,24,25)(H2,26,27,28)(H2,29,30,31)(H2,32,33,34)(H2,35,36,37)(H2,38,39,40). The summed E-state index contributed by atoms with van der Waals surface area (Å²) in [5.74, 6) is 0. The molecule has 0 fully saturated rings. The van der Waals surface area contributed by atoms with Crippen molar-refractivity contribution in [3.05, 3.63) is 0 Å². The molecule has 0 aliphatic rings. The average molecular weight is 870 g/mol. The SMILES string of the molecule is CN(CCN(CCN(CCN(C)C(P(=O)(O)O)P(=O)(O)O)C(P(=O)(O)O)P(=O)(O)O)C(P(=O)(O)O)P(=O)(O)O)C(P(=O)(O)O)P(=O)(O)O. The van der Waals surface area contributed by atoms with Gasteiger partial charge in [0.2, 0.25) is 22.1 Å². The lowest BCUT2D eigenvalue weighted by atomic mass is 10.4. The number of rotatable bonds is 21. The third kappa shape index (κ3) is 15.6. The summed E-state index contributed by atoms with van der Waals surface area (Å²) in [6.07, 6.45) is 0. The minimum atomic E-state index is -6.00. The van der Waals surface area contributed by atoms with Crippen LogP contribution in [-0.4, -0.2) is 173 Å². The first-order chi connectivity index (χ1) is 20.7. The number of likely N-dealkylation sites (N-methyl/N-ethyl adjacent to an activating group) is 2. The highest BCUT2D eigenvalue weighted by Crippen LogP contribution is 2.64. The summed E-state index contributed by atoms with van der Waals surface area (Å²) >= 11 is 0. The highest BCUT2D eigenvalue weighted by Gasteiger charge is 2.52. The molecular weight excluding hydrogens is 832 g/mol. The molecule has 0 aliphatic heterocycles. The van der Waals surface area contributed by atoms with Gasteiger partial charge in [-0.25, -0.2) is 0 Å². The van der Waals surface area contributed by atoms with Gasteiger partial charge in [0.05, 0.1) is 0 Å². The quantitative estimate of drug-likeness (QED) is 0.0489. The van der Waals surface area contributed by atoms with Crippen LogP contribution in [0, 0.1) is 0 Å². The van der Waals surface area contributed by atoms with Crippen LogP contribution in [0.5, 0.6) is 0 Å². The maximum atomic E-state index is 12.2. The van der Waals surface area contributed by atoms with Gasteiger partial charge in [-0.15, -0.1) is 0 Å². The largest absolute Gasteiger partial charge is 0.354 e. The Morgan fingerprint density at radius 1 is 0.312 bits per heavy atom. The van der Waals surface area contributed by atoms with Gasteiger partial charge in [0.15, 0.2) is 0 Å². The lowest BCUT2D eigenvalue weighted by Gasteiger charge is -2.38. The van der Waals surface area contributed by atoms with E-state index >= 15 is 0 Å². The fourth-order valence-corrected chi connectivity index (χ4v) is 15.8. The Labute approximate surface area is 270 Å². The van der Waals surface area contributed by atoms with Crippen LogP contribution in [-0.2, 0) is 36.5 Å². The van der Waals surface area contributed by atoms with Gasteiger partial charge >= 0.3 is 60.8 Å². The highest BCUT2D eigenvalue weighted by atomic mass is 31.3. The summed E-state index contributed by atoms with van der Waals surface area (Å²) < 4.78 is 95.6. The van der Waals surface area contributed by atoms with E-state index < -0.39 is 122 Å². The molecule has 28 nitrogen and oxygen atoms in total.